The minimum atomic E-state index is -0.176. The molecule has 8 nitrogen and oxygen atoms in total. The number of nitrogens with zero attached hydrogens (tertiary/aromatic N) is 3. The van der Waals surface area contributed by atoms with Gasteiger partial charge in [0, 0.05) is 40.9 Å². The Morgan fingerprint density at radius 3 is 2.43 bits per heavy atom. The molecule has 192 valence electrons. The summed E-state index contributed by atoms with van der Waals surface area (Å²) in [6.07, 6.45) is 0.744. The second kappa shape index (κ2) is 11.9. The Morgan fingerprint density at radius 2 is 1.84 bits per heavy atom. The first kappa shape index (κ1) is 26.8. The van der Waals surface area contributed by atoms with E-state index >= 15 is 0 Å². The Bertz CT molecular complexity index is 1330. The molecule has 0 bridgehead atoms. The minimum Gasteiger partial charge on any atom is -0.493 e. The number of anilines is 1. The van der Waals surface area contributed by atoms with Gasteiger partial charge in [0.25, 0.3) is 0 Å². The number of rotatable bonds is 8. The Hall–Kier alpha value is -3.26. The molecule has 0 aliphatic carbocycles. The van der Waals surface area contributed by atoms with Crippen molar-refractivity contribution in [1.29, 1.82) is 5.26 Å². The van der Waals surface area contributed by atoms with E-state index in [1.165, 1.54) is 11.8 Å². The van der Waals surface area contributed by atoms with Crippen molar-refractivity contribution in [2.24, 2.45) is 0 Å². The standard InChI is InChI=1S/C27H27BrN4O4S/c1-32-10-9-21-20(14-32)25(16-11-22(34-2)26(36-4)23(12-16)35-3)19(13-29)27(31-21)37-15-24(33)30-18-7-5-17(28)6-8-18/h5-8,11-12H,9-10,14-15H2,1-4H3,(H,30,33). The largest absolute Gasteiger partial charge is 0.493 e. The van der Waals surface area contributed by atoms with Gasteiger partial charge in [-0.25, -0.2) is 4.98 Å². The van der Waals surface area contributed by atoms with Gasteiger partial charge in [-0.2, -0.15) is 5.26 Å². The number of benzene rings is 2. The molecule has 1 aliphatic heterocycles. The van der Waals surface area contributed by atoms with Gasteiger partial charge >= 0.3 is 0 Å². The summed E-state index contributed by atoms with van der Waals surface area (Å²) in [6, 6.07) is 13.4. The summed E-state index contributed by atoms with van der Waals surface area (Å²) >= 11 is 4.65. The molecule has 2 aromatic carbocycles. The van der Waals surface area contributed by atoms with E-state index in [0.717, 1.165) is 39.8 Å². The summed E-state index contributed by atoms with van der Waals surface area (Å²) in [7, 11) is 6.72. The van der Waals surface area contributed by atoms with E-state index in [2.05, 4.69) is 32.2 Å². The fourth-order valence-electron chi connectivity index (χ4n) is 4.29. The first-order chi connectivity index (χ1) is 17.9. The number of fused-ring (bicyclic) bond motifs is 1. The number of carbonyl (C=O) groups is 1. The molecule has 4 rings (SSSR count). The Kier molecular flexibility index (Phi) is 8.59. The van der Waals surface area contributed by atoms with Gasteiger partial charge in [-0.05, 0) is 54.6 Å². The second-order valence-corrected chi connectivity index (χ2v) is 10.3. The second-order valence-electron chi connectivity index (χ2n) is 8.45. The van der Waals surface area contributed by atoms with Crippen LogP contribution >= 0.6 is 27.7 Å². The van der Waals surface area contributed by atoms with Crippen LogP contribution in [0.1, 0.15) is 16.8 Å². The molecule has 2 heterocycles. The molecule has 1 aliphatic rings. The number of likely N-dealkylation sites (N-methyl/N-ethyl adjacent to an activating group) is 1. The van der Waals surface area contributed by atoms with Crippen LogP contribution in [0.25, 0.3) is 11.1 Å². The lowest BCUT2D eigenvalue weighted by Gasteiger charge is -2.28. The van der Waals surface area contributed by atoms with E-state index in [1.807, 2.05) is 43.4 Å². The van der Waals surface area contributed by atoms with Crippen molar-refractivity contribution in [1.82, 2.24) is 9.88 Å². The van der Waals surface area contributed by atoms with E-state index in [4.69, 9.17) is 19.2 Å². The molecule has 0 spiro atoms. The van der Waals surface area contributed by atoms with Crippen LogP contribution in [0.15, 0.2) is 45.9 Å². The van der Waals surface area contributed by atoms with Crippen molar-refractivity contribution in [3.63, 3.8) is 0 Å². The van der Waals surface area contributed by atoms with Gasteiger partial charge in [0.05, 0.1) is 32.6 Å². The molecule has 37 heavy (non-hydrogen) atoms. The number of carbonyl (C=O) groups excluding carboxylic acids is 1. The van der Waals surface area contributed by atoms with E-state index < -0.39 is 0 Å². The van der Waals surface area contributed by atoms with Gasteiger partial charge in [0.2, 0.25) is 11.7 Å². The number of pyridine rings is 1. The molecule has 0 saturated carbocycles. The summed E-state index contributed by atoms with van der Waals surface area (Å²) in [5.41, 5.74) is 4.58. The normalized spacial score (nSPS) is 12.9. The van der Waals surface area contributed by atoms with Gasteiger partial charge in [-0.3, -0.25) is 4.79 Å². The molecule has 10 heteroatoms. The lowest BCUT2D eigenvalue weighted by molar-refractivity contribution is -0.113. The lowest BCUT2D eigenvalue weighted by Crippen LogP contribution is -2.28. The van der Waals surface area contributed by atoms with E-state index in [1.54, 1.807) is 21.3 Å². The van der Waals surface area contributed by atoms with Gasteiger partial charge < -0.3 is 24.4 Å². The molecule has 0 saturated heterocycles. The zero-order chi connectivity index (χ0) is 26.5. The van der Waals surface area contributed by atoms with Crippen LogP contribution in [-0.4, -0.2) is 56.5 Å². The third-order valence-corrected chi connectivity index (χ3v) is 7.55. The minimum absolute atomic E-state index is 0.116. The van der Waals surface area contributed by atoms with Gasteiger partial charge in [-0.15, -0.1) is 0 Å². The molecule has 0 fully saturated rings. The van der Waals surface area contributed by atoms with Crippen molar-refractivity contribution in [2.45, 2.75) is 18.0 Å². The third kappa shape index (κ3) is 5.85. The van der Waals surface area contributed by atoms with Gasteiger partial charge in [-0.1, -0.05) is 27.7 Å². The lowest BCUT2D eigenvalue weighted by atomic mass is 9.91. The van der Waals surface area contributed by atoms with Crippen molar-refractivity contribution in [2.75, 3.05) is 46.0 Å². The summed E-state index contributed by atoms with van der Waals surface area (Å²) in [5, 5.41) is 13.7. The van der Waals surface area contributed by atoms with Crippen molar-refractivity contribution < 1.29 is 19.0 Å². The predicted octanol–water partition coefficient (Wildman–Crippen LogP) is 5.13. The van der Waals surface area contributed by atoms with Crippen LogP contribution in [0.2, 0.25) is 0 Å². The Labute approximate surface area is 229 Å². The van der Waals surface area contributed by atoms with E-state index in [9.17, 15) is 10.1 Å². The number of hydrogen-bond acceptors (Lipinski definition) is 8. The first-order valence-electron chi connectivity index (χ1n) is 11.5. The summed E-state index contributed by atoms with van der Waals surface area (Å²) in [4.78, 5) is 19.7. The number of methoxy groups -OCH3 is 3. The topological polar surface area (TPSA) is 96.7 Å². The molecule has 1 amide bonds. The number of amides is 1. The fraction of sp³-hybridized carbons (Fsp3) is 0.296. The van der Waals surface area contributed by atoms with Crippen molar-refractivity contribution in [3.8, 4) is 34.4 Å². The highest BCUT2D eigenvalue weighted by Gasteiger charge is 2.27. The quantitative estimate of drug-likeness (QED) is 0.365. The average Bonchev–Trinajstić information content (AvgIpc) is 2.91. The summed E-state index contributed by atoms with van der Waals surface area (Å²) in [5.74, 6) is 1.42. The number of aromatic nitrogens is 1. The first-order valence-corrected chi connectivity index (χ1v) is 13.3. The molecule has 1 N–H and O–H groups in total. The van der Waals surface area contributed by atoms with Gasteiger partial charge in [0.1, 0.15) is 11.1 Å². The summed E-state index contributed by atoms with van der Waals surface area (Å²) in [6.45, 7) is 1.51. The number of halogens is 1. The Morgan fingerprint density at radius 1 is 1.16 bits per heavy atom. The maximum atomic E-state index is 12.7. The highest BCUT2D eigenvalue weighted by molar-refractivity contribution is 9.10. The average molecular weight is 584 g/mol. The molecule has 0 atom stereocenters. The molecular weight excluding hydrogens is 556 g/mol. The number of hydrogen-bond donors (Lipinski definition) is 1. The van der Waals surface area contributed by atoms with Crippen LogP contribution < -0.4 is 19.5 Å². The molecule has 0 unspecified atom stereocenters. The molecule has 0 radical (unpaired) electrons. The van der Waals surface area contributed by atoms with Crippen LogP contribution in [-0.2, 0) is 17.8 Å². The van der Waals surface area contributed by atoms with Gasteiger partial charge in [0.15, 0.2) is 11.5 Å². The molecule has 3 aromatic rings. The zero-order valence-electron chi connectivity index (χ0n) is 21.1. The molecule has 1 aromatic heterocycles. The third-order valence-electron chi connectivity index (χ3n) is 6.04. The van der Waals surface area contributed by atoms with Crippen molar-refractivity contribution in [3.05, 3.63) is 57.7 Å². The van der Waals surface area contributed by atoms with Crippen LogP contribution in [0.3, 0.4) is 0 Å². The van der Waals surface area contributed by atoms with Crippen LogP contribution in [0.5, 0.6) is 17.2 Å². The highest BCUT2D eigenvalue weighted by atomic mass is 79.9. The monoisotopic (exact) mass is 582 g/mol. The number of nitriles is 1. The zero-order valence-corrected chi connectivity index (χ0v) is 23.5. The maximum absolute atomic E-state index is 12.7. The molecular formula is C27H27BrN4O4S. The van der Waals surface area contributed by atoms with E-state index in [-0.39, 0.29) is 11.7 Å². The number of ether oxygens (including phenoxy) is 3. The predicted molar refractivity (Wildman–Crippen MR) is 148 cm³/mol. The number of thioether (sulfide) groups is 1. The fourth-order valence-corrected chi connectivity index (χ4v) is 5.36. The van der Waals surface area contributed by atoms with Crippen molar-refractivity contribution >= 4 is 39.3 Å². The van der Waals surface area contributed by atoms with Crippen LogP contribution in [0, 0.1) is 11.3 Å². The van der Waals surface area contributed by atoms with E-state index in [0.29, 0.717) is 40.1 Å². The maximum Gasteiger partial charge on any atom is 0.234 e. The SMILES string of the molecule is COc1cc(-c2c(C#N)c(SCC(=O)Nc3ccc(Br)cc3)nc3c2CN(C)CC3)cc(OC)c1OC. The number of nitrogens with one attached hydrogen (secondary N) is 1. The smallest absolute Gasteiger partial charge is 0.234 e. The highest BCUT2D eigenvalue weighted by Crippen LogP contribution is 2.44. The van der Waals surface area contributed by atoms with Crippen LogP contribution in [0.4, 0.5) is 5.69 Å². The Balaban J connectivity index is 1.76. The summed E-state index contributed by atoms with van der Waals surface area (Å²) < 4.78 is 17.6.